The van der Waals surface area contributed by atoms with Gasteiger partial charge in [0.2, 0.25) is 0 Å². The van der Waals surface area contributed by atoms with Crippen LogP contribution < -0.4 is 4.74 Å². The second kappa shape index (κ2) is 5.49. The van der Waals surface area contributed by atoms with E-state index in [4.69, 9.17) is 4.74 Å². The summed E-state index contributed by atoms with van der Waals surface area (Å²) in [6.07, 6.45) is 2.72. The van der Waals surface area contributed by atoms with Crippen LogP contribution in [0.3, 0.4) is 0 Å². The minimum absolute atomic E-state index is 0.410. The molecule has 94 valence electrons. The molecule has 2 rings (SSSR count). The smallest absolute Gasteiger partial charge is 0.367 e. The fraction of sp³-hybridized carbons (Fsp3) is 0.286. The van der Waals surface area contributed by atoms with Crippen molar-refractivity contribution in [3.8, 4) is 5.75 Å². The molecule has 0 saturated carbocycles. The van der Waals surface area contributed by atoms with Gasteiger partial charge in [0.25, 0.3) is 0 Å². The lowest BCUT2D eigenvalue weighted by atomic mass is 10.1. The van der Waals surface area contributed by atoms with Crippen LogP contribution in [0, 0.1) is 0 Å². The van der Waals surface area contributed by atoms with Crippen LogP contribution in [0.2, 0.25) is 0 Å². The maximum atomic E-state index is 11.4. The third kappa shape index (κ3) is 2.77. The minimum Gasteiger partial charge on any atom is -0.494 e. The summed E-state index contributed by atoms with van der Waals surface area (Å²) in [6.45, 7) is 4.48. The van der Waals surface area contributed by atoms with E-state index in [0.29, 0.717) is 17.9 Å². The maximum absolute atomic E-state index is 11.4. The van der Waals surface area contributed by atoms with Gasteiger partial charge in [-0.2, -0.15) is 0 Å². The molecular formula is C14H15NO3. The quantitative estimate of drug-likeness (QED) is 0.605. The van der Waals surface area contributed by atoms with Gasteiger partial charge in [0.05, 0.1) is 17.9 Å². The van der Waals surface area contributed by atoms with Gasteiger partial charge in [0.15, 0.2) is 0 Å². The highest BCUT2D eigenvalue weighted by atomic mass is 16.7. The van der Waals surface area contributed by atoms with Crippen LogP contribution in [0.15, 0.2) is 35.0 Å². The van der Waals surface area contributed by atoms with Gasteiger partial charge < -0.3 is 9.57 Å². The first-order chi connectivity index (χ1) is 8.70. The van der Waals surface area contributed by atoms with Crippen molar-refractivity contribution in [3.63, 3.8) is 0 Å². The van der Waals surface area contributed by atoms with E-state index in [1.807, 2.05) is 24.3 Å². The Kier molecular flexibility index (Phi) is 3.77. The molecule has 0 radical (unpaired) electrons. The molecule has 0 fully saturated rings. The largest absolute Gasteiger partial charge is 0.494 e. The Morgan fingerprint density at radius 3 is 2.94 bits per heavy atom. The Balaban J connectivity index is 2.21. The second-order valence-electron chi connectivity index (χ2n) is 4.03. The van der Waals surface area contributed by atoms with Crippen LogP contribution in [-0.2, 0) is 9.63 Å². The normalized spacial score (nSPS) is 16.7. The van der Waals surface area contributed by atoms with Gasteiger partial charge in [-0.25, -0.2) is 4.79 Å². The van der Waals surface area contributed by atoms with Gasteiger partial charge in [-0.15, -0.1) is 0 Å². The third-order valence-corrected chi connectivity index (χ3v) is 2.52. The van der Waals surface area contributed by atoms with Crippen molar-refractivity contribution in [2.45, 2.75) is 20.3 Å². The molecule has 0 bridgehead atoms. The molecule has 0 amide bonds. The van der Waals surface area contributed by atoms with Crippen LogP contribution in [0.4, 0.5) is 0 Å². The standard InChI is InChI=1S/C14H15NO3/c1-3-7-17-12-6-4-5-11(8-12)9-13-10(2)15-18-14(13)16/h4-6,8-9H,3,7H2,1-2H3/b13-9+. The van der Waals surface area contributed by atoms with Gasteiger partial charge in [0.1, 0.15) is 5.75 Å². The van der Waals surface area contributed by atoms with E-state index in [2.05, 4.69) is 16.9 Å². The predicted molar refractivity (Wildman–Crippen MR) is 69.4 cm³/mol. The molecule has 0 atom stereocenters. The summed E-state index contributed by atoms with van der Waals surface area (Å²) in [5.41, 5.74) is 1.98. The summed E-state index contributed by atoms with van der Waals surface area (Å²) in [7, 11) is 0. The lowest BCUT2D eigenvalue weighted by Crippen LogP contribution is -2.01. The summed E-state index contributed by atoms with van der Waals surface area (Å²) in [5, 5.41) is 3.63. The molecule has 1 aliphatic heterocycles. The fourth-order valence-electron chi connectivity index (χ4n) is 1.60. The Labute approximate surface area is 106 Å². The summed E-state index contributed by atoms with van der Waals surface area (Å²) in [4.78, 5) is 16.0. The molecule has 0 aliphatic carbocycles. The molecule has 1 aromatic rings. The van der Waals surface area contributed by atoms with Crippen LogP contribution in [0.25, 0.3) is 6.08 Å². The van der Waals surface area contributed by atoms with Gasteiger partial charge in [-0.1, -0.05) is 24.2 Å². The number of hydrogen-bond acceptors (Lipinski definition) is 4. The van der Waals surface area contributed by atoms with E-state index < -0.39 is 5.97 Å². The highest BCUT2D eigenvalue weighted by molar-refractivity contribution is 6.24. The molecular weight excluding hydrogens is 230 g/mol. The SMILES string of the molecule is CCCOc1cccc(/C=C2/C(=O)ON=C2C)c1. The van der Waals surface area contributed by atoms with E-state index in [1.54, 1.807) is 13.0 Å². The van der Waals surface area contributed by atoms with Crippen molar-refractivity contribution < 1.29 is 14.4 Å². The number of rotatable bonds is 4. The molecule has 0 aromatic heterocycles. The third-order valence-electron chi connectivity index (χ3n) is 2.52. The van der Waals surface area contributed by atoms with E-state index in [9.17, 15) is 4.79 Å². The zero-order valence-corrected chi connectivity index (χ0v) is 10.5. The highest BCUT2D eigenvalue weighted by Crippen LogP contribution is 2.19. The van der Waals surface area contributed by atoms with Crippen LogP contribution >= 0.6 is 0 Å². The van der Waals surface area contributed by atoms with Crippen molar-refractivity contribution in [2.75, 3.05) is 6.61 Å². The van der Waals surface area contributed by atoms with Crippen LogP contribution in [0.1, 0.15) is 25.8 Å². The Bertz CT molecular complexity index is 518. The molecule has 4 heteroatoms. The Hall–Kier alpha value is -2.10. The zero-order valence-electron chi connectivity index (χ0n) is 10.5. The van der Waals surface area contributed by atoms with Gasteiger partial charge in [-0.3, -0.25) is 0 Å². The molecule has 1 aliphatic rings. The molecule has 0 saturated heterocycles. The van der Waals surface area contributed by atoms with E-state index >= 15 is 0 Å². The number of carbonyl (C=O) groups excluding carboxylic acids is 1. The lowest BCUT2D eigenvalue weighted by Gasteiger charge is -2.05. The van der Waals surface area contributed by atoms with Crippen molar-refractivity contribution in [1.82, 2.24) is 0 Å². The van der Waals surface area contributed by atoms with Gasteiger partial charge >= 0.3 is 5.97 Å². The maximum Gasteiger partial charge on any atom is 0.367 e. The number of oxime groups is 1. The molecule has 0 unspecified atom stereocenters. The van der Waals surface area contributed by atoms with E-state index in [1.165, 1.54) is 0 Å². The minimum atomic E-state index is -0.410. The summed E-state index contributed by atoms with van der Waals surface area (Å²) in [6, 6.07) is 7.59. The zero-order chi connectivity index (χ0) is 13.0. The van der Waals surface area contributed by atoms with Crippen molar-refractivity contribution in [1.29, 1.82) is 0 Å². The van der Waals surface area contributed by atoms with Gasteiger partial charge in [0, 0.05) is 0 Å². The predicted octanol–water partition coefficient (Wildman–Crippen LogP) is 2.79. The summed E-state index contributed by atoms with van der Waals surface area (Å²) >= 11 is 0. The first kappa shape index (κ1) is 12.4. The lowest BCUT2D eigenvalue weighted by molar-refractivity contribution is -0.136. The molecule has 18 heavy (non-hydrogen) atoms. The highest BCUT2D eigenvalue weighted by Gasteiger charge is 2.21. The average molecular weight is 245 g/mol. The monoisotopic (exact) mass is 245 g/mol. The van der Waals surface area contributed by atoms with Crippen LogP contribution in [-0.4, -0.2) is 18.3 Å². The Morgan fingerprint density at radius 2 is 2.28 bits per heavy atom. The van der Waals surface area contributed by atoms with Crippen molar-refractivity contribution in [2.24, 2.45) is 5.16 Å². The second-order valence-corrected chi connectivity index (χ2v) is 4.03. The van der Waals surface area contributed by atoms with Crippen LogP contribution in [0.5, 0.6) is 5.75 Å². The number of nitrogens with zero attached hydrogens (tertiary/aromatic N) is 1. The number of hydrogen-bond donors (Lipinski definition) is 0. The number of benzene rings is 1. The topological polar surface area (TPSA) is 47.9 Å². The average Bonchev–Trinajstić information content (AvgIpc) is 2.69. The summed E-state index contributed by atoms with van der Waals surface area (Å²) < 4.78 is 5.54. The van der Waals surface area contributed by atoms with Crippen molar-refractivity contribution in [3.05, 3.63) is 35.4 Å². The first-order valence-corrected chi connectivity index (χ1v) is 5.91. The molecule has 1 heterocycles. The Morgan fingerprint density at radius 1 is 1.44 bits per heavy atom. The van der Waals surface area contributed by atoms with E-state index in [-0.39, 0.29) is 0 Å². The molecule has 1 aromatic carbocycles. The van der Waals surface area contributed by atoms with E-state index in [0.717, 1.165) is 17.7 Å². The molecule has 4 nitrogen and oxygen atoms in total. The van der Waals surface area contributed by atoms with Gasteiger partial charge in [-0.05, 0) is 37.1 Å². The first-order valence-electron chi connectivity index (χ1n) is 5.91. The fourth-order valence-corrected chi connectivity index (χ4v) is 1.60. The molecule has 0 N–H and O–H groups in total. The number of carbonyl (C=O) groups is 1. The summed E-state index contributed by atoms with van der Waals surface area (Å²) in [5.74, 6) is 0.388. The number of ether oxygens (including phenoxy) is 1. The van der Waals surface area contributed by atoms with Crippen molar-refractivity contribution >= 4 is 17.8 Å². The molecule has 0 spiro atoms.